The number of carboxylic acid groups (broad SMARTS) is 1. The van der Waals surface area contributed by atoms with Crippen molar-refractivity contribution < 1.29 is 9.90 Å². The molecule has 17 heavy (non-hydrogen) atoms. The summed E-state index contributed by atoms with van der Waals surface area (Å²) in [6.07, 6.45) is 3.98. The summed E-state index contributed by atoms with van der Waals surface area (Å²) in [7, 11) is 0. The summed E-state index contributed by atoms with van der Waals surface area (Å²) in [4.78, 5) is 17.2. The molecule has 3 heterocycles. The van der Waals surface area contributed by atoms with E-state index in [0.29, 0.717) is 5.65 Å². The van der Waals surface area contributed by atoms with E-state index in [-0.39, 0.29) is 5.69 Å². The molecule has 3 rings (SSSR count). The largest absolute Gasteiger partial charge is 0.477 e. The molecular formula is C11H12N4O2. The van der Waals surface area contributed by atoms with Crippen LogP contribution in [0.4, 0.5) is 5.69 Å². The minimum atomic E-state index is -1.01. The number of anilines is 1. The molecule has 6 heteroatoms. The van der Waals surface area contributed by atoms with Crippen molar-refractivity contribution >= 4 is 22.7 Å². The standard InChI is InChI=1S/C11H12N4O2/c16-11(17)8-5-9(15-3-1-2-4-15)7-6-12-14-10(7)13-8/h5-6H,1-4H2,(H,16,17)(H,12,13,14). The third kappa shape index (κ3) is 1.61. The fraction of sp³-hybridized carbons (Fsp3) is 0.364. The van der Waals surface area contributed by atoms with Gasteiger partial charge in [-0.15, -0.1) is 0 Å². The number of hydrogen-bond donors (Lipinski definition) is 2. The van der Waals surface area contributed by atoms with E-state index < -0.39 is 5.97 Å². The number of carboxylic acids is 1. The normalized spacial score (nSPS) is 15.6. The molecule has 1 fully saturated rings. The molecule has 0 bridgehead atoms. The first-order valence-corrected chi connectivity index (χ1v) is 5.58. The van der Waals surface area contributed by atoms with E-state index in [4.69, 9.17) is 5.11 Å². The monoisotopic (exact) mass is 232 g/mol. The van der Waals surface area contributed by atoms with Crippen molar-refractivity contribution in [2.45, 2.75) is 12.8 Å². The highest BCUT2D eigenvalue weighted by atomic mass is 16.4. The minimum Gasteiger partial charge on any atom is -0.477 e. The summed E-state index contributed by atoms with van der Waals surface area (Å²) in [5.74, 6) is -1.01. The Hall–Kier alpha value is -2.11. The molecule has 0 aliphatic carbocycles. The fourth-order valence-corrected chi connectivity index (χ4v) is 2.24. The molecule has 0 unspecified atom stereocenters. The van der Waals surface area contributed by atoms with Crippen LogP contribution in [0.5, 0.6) is 0 Å². The summed E-state index contributed by atoms with van der Waals surface area (Å²) < 4.78 is 0. The maximum absolute atomic E-state index is 11.0. The number of carbonyl (C=O) groups is 1. The highest BCUT2D eigenvalue weighted by Crippen LogP contribution is 2.28. The zero-order valence-corrected chi connectivity index (χ0v) is 9.18. The van der Waals surface area contributed by atoms with E-state index in [9.17, 15) is 4.79 Å². The van der Waals surface area contributed by atoms with E-state index in [1.807, 2.05) is 0 Å². The lowest BCUT2D eigenvalue weighted by atomic mass is 10.2. The van der Waals surface area contributed by atoms with Gasteiger partial charge in [0.25, 0.3) is 0 Å². The molecule has 2 N–H and O–H groups in total. The predicted molar refractivity (Wildman–Crippen MR) is 62.3 cm³/mol. The van der Waals surface area contributed by atoms with Gasteiger partial charge in [-0.2, -0.15) is 5.10 Å². The van der Waals surface area contributed by atoms with Crippen molar-refractivity contribution in [1.82, 2.24) is 15.2 Å². The fourth-order valence-electron chi connectivity index (χ4n) is 2.24. The van der Waals surface area contributed by atoms with Gasteiger partial charge in [0.2, 0.25) is 0 Å². The van der Waals surface area contributed by atoms with E-state index >= 15 is 0 Å². The molecular weight excluding hydrogens is 220 g/mol. The van der Waals surface area contributed by atoms with Crippen LogP contribution < -0.4 is 4.90 Å². The van der Waals surface area contributed by atoms with E-state index in [1.54, 1.807) is 12.3 Å². The molecule has 1 aliphatic rings. The van der Waals surface area contributed by atoms with Gasteiger partial charge in [-0.25, -0.2) is 9.78 Å². The molecule has 0 radical (unpaired) electrons. The molecule has 1 aliphatic heterocycles. The van der Waals surface area contributed by atoms with Gasteiger partial charge in [0, 0.05) is 13.1 Å². The van der Waals surface area contributed by atoms with Gasteiger partial charge in [0.05, 0.1) is 17.3 Å². The zero-order valence-electron chi connectivity index (χ0n) is 9.18. The maximum atomic E-state index is 11.0. The summed E-state index contributed by atoms with van der Waals surface area (Å²) >= 11 is 0. The number of nitrogens with zero attached hydrogens (tertiary/aromatic N) is 3. The van der Waals surface area contributed by atoms with E-state index in [1.165, 1.54) is 0 Å². The van der Waals surface area contributed by atoms with E-state index in [0.717, 1.165) is 37.0 Å². The molecule has 0 saturated carbocycles. The molecule has 2 aromatic heterocycles. The Morgan fingerprint density at radius 1 is 1.41 bits per heavy atom. The lowest BCUT2D eigenvalue weighted by Gasteiger charge is -2.18. The average molecular weight is 232 g/mol. The van der Waals surface area contributed by atoms with Crippen molar-refractivity contribution in [3.63, 3.8) is 0 Å². The minimum absolute atomic E-state index is 0.0589. The highest BCUT2D eigenvalue weighted by Gasteiger charge is 2.19. The van der Waals surface area contributed by atoms with Crippen LogP contribution in [0.3, 0.4) is 0 Å². The Kier molecular flexibility index (Phi) is 2.21. The Labute approximate surface area is 97.3 Å². The summed E-state index contributed by atoms with van der Waals surface area (Å²) in [6.45, 7) is 1.92. The van der Waals surface area contributed by atoms with Crippen LogP contribution in [0.25, 0.3) is 11.0 Å². The summed E-state index contributed by atoms with van der Waals surface area (Å²) in [5.41, 5.74) is 1.51. The van der Waals surface area contributed by atoms with Crippen LogP contribution in [0.1, 0.15) is 23.3 Å². The highest BCUT2D eigenvalue weighted by molar-refractivity contribution is 5.95. The zero-order chi connectivity index (χ0) is 11.8. The second-order valence-electron chi connectivity index (χ2n) is 4.16. The van der Waals surface area contributed by atoms with Gasteiger partial charge < -0.3 is 10.0 Å². The Bertz CT molecular complexity index is 572. The first-order valence-electron chi connectivity index (χ1n) is 5.58. The number of aromatic amines is 1. The molecule has 0 atom stereocenters. The van der Waals surface area contributed by atoms with Crippen molar-refractivity contribution in [1.29, 1.82) is 0 Å². The van der Waals surface area contributed by atoms with Crippen LogP contribution >= 0.6 is 0 Å². The average Bonchev–Trinajstić information content (AvgIpc) is 2.98. The second-order valence-corrected chi connectivity index (χ2v) is 4.16. The van der Waals surface area contributed by atoms with Crippen molar-refractivity contribution in [3.8, 4) is 0 Å². The number of nitrogens with one attached hydrogen (secondary N) is 1. The quantitative estimate of drug-likeness (QED) is 0.814. The van der Waals surface area contributed by atoms with Gasteiger partial charge in [-0.3, -0.25) is 5.10 Å². The topological polar surface area (TPSA) is 82.1 Å². The summed E-state index contributed by atoms with van der Waals surface area (Å²) in [5, 5.41) is 16.6. The molecule has 0 amide bonds. The van der Waals surface area contributed by atoms with Gasteiger partial charge in [-0.05, 0) is 18.9 Å². The lowest BCUT2D eigenvalue weighted by molar-refractivity contribution is 0.0691. The number of rotatable bonds is 2. The van der Waals surface area contributed by atoms with Crippen molar-refractivity contribution in [2.75, 3.05) is 18.0 Å². The predicted octanol–water partition coefficient (Wildman–Crippen LogP) is 1.26. The maximum Gasteiger partial charge on any atom is 0.354 e. The van der Waals surface area contributed by atoms with Gasteiger partial charge in [-0.1, -0.05) is 0 Å². The number of aromatic nitrogens is 3. The van der Waals surface area contributed by atoms with Gasteiger partial charge >= 0.3 is 5.97 Å². The smallest absolute Gasteiger partial charge is 0.354 e. The van der Waals surface area contributed by atoms with Crippen LogP contribution in [-0.2, 0) is 0 Å². The molecule has 1 saturated heterocycles. The Balaban J connectivity index is 2.19. The molecule has 0 spiro atoms. The third-order valence-corrected chi connectivity index (χ3v) is 3.07. The van der Waals surface area contributed by atoms with Gasteiger partial charge in [0.1, 0.15) is 0 Å². The molecule has 88 valence electrons. The molecule has 2 aromatic rings. The van der Waals surface area contributed by atoms with Crippen LogP contribution in [0.15, 0.2) is 12.3 Å². The van der Waals surface area contributed by atoms with Crippen molar-refractivity contribution in [3.05, 3.63) is 18.0 Å². The third-order valence-electron chi connectivity index (χ3n) is 3.07. The van der Waals surface area contributed by atoms with Gasteiger partial charge in [0.15, 0.2) is 11.3 Å². The Morgan fingerprint density at radius 3 is 2.88 bits per heavy atom. The lowest BCUT2D eigenvalue weighted by Crippen LogP contribution is -2.18. The first-order chi connectivity index (χ1) is 8.25. The SMILES string of the molecule is O=C(O)c1cc(N2CCCC2)c2cn[nH]c2n1. The second kappa shape index (κ2) is 3.73. The van der Waals surface area contributed by atoms with E-state index in [2.05, 4.69) is 20.1 Å². The van der Waals surface area contributed by atoms with Crippen LogP contribution in [0.2, 0.25) is 0 Å². The first kappa shape index (κ1) is 10.1. The summed E-state index contributed by atoms with van der Waals surface area (Å²) in [6, 6.07) is 1.63. The molecule has 0 aromatic carbocycles. The number of aromatic carboxylic acids is 1. The number of hydrogen-bond acceptors (Lipinski definition) is 4. The van der Waals surface area contributed by atoms with Crippen LogP contribution in [-0.4, -0.2) is 39.3 Å². The number of pyridine rings is 1. The number of H-pyrrole nitrogens is 1. The van der Waals surface area contributed by atoms with Crippen molar-refractivity contribution in [2.24, 2.45) is 0 Å². The van der Waals surface area contributed by atoms with Crippen LogP contribution in [0, 0.1) is 0 Å². The number of fused-ring (bicyclic) bond motifs is 1. The molecule has 6 nitrogen and oxygen atoms in total. The Morgan fingerprint density at radius 2 is 2.18 bits per heavy atom.